The number of amides is 1. The van der Waals surface area contributed by atoms with Crippen molar-refractivity contribution in [3.8, 4) is 5.75 Å². The molecule has 1 aromatic rings. The number of aromatic hydroxyl groups is 1. The fourth-order valence-corrected chi connectivity index (χ4v) is 3.92. The van der Waals surface area contributed by atoms with Gasteiger partial charge < -0.3 is 15.5 Å². The number of carbonyl (C=O) groups excluding carboxylic acids is 1. The van der Waals surface area contributed by atoms with Crippen LogP contribution in [0.5, 0.6) is 5.75 Å². The fourth-order valence-electron chi connectivity index (χ4n) is 3.92. The monoisotopic (exact) mass is 289 g/mol. The van der Waals surface area contributed by atoms with Crippen LogP contribution >= 0.6 is 0 Å². The Labute approximate surface area is 123 Å². The van der Waals surface area contributed by atoms with E-state index in [-0.39, 0.29) is 29.2 Å². The van der Waals surface area contributed by atoms with E-state index in [9.17, 15) is 19.8 Å². The summed E-state index contributed by atoms with van der Waals surface area (Å²) < 4.78 is 0. The molecule has 3 rings (SSSR count). The molecule has 112 valence electrons. The average molecular weight is 289 g/mol. The molecule has 0 radical (unpaired) electrons. The highest BCUT2D eigenvalue weighted by molar-refractivity contribution is 5.97. The minimum Gasteiger partial charge on any atom is -0.507 e. The summed E-state index contributed by atoms with van der Waals surface area (Å²) in [6.45, 7) is 1.83. The van der Waals surface area contributed by atoms with Crippen molar-refractivity contribution in [3.63, 3.8) is 0 Å². The van der Waals surface area contributed by atoms with Crippen LogP contribution in [0.25, 0.3) is 0 Å². The number of aryl methyl sites for hydroxylation is 1. The number of nitrogens with one attached hydrogen (secondary N) is 1. The summed E-state index contributed by atoms with van der Waals surface area (Å²) in [5, 5.41) is 22.1. The van der Waals surface area contributed by atoms with Gasteiger partial charge in [0.15, 0.2) is 0 Å². The number of fused-ring (bicyclic) bond motifs is 2. The highest BCUT2D eigenvalue weighted by atomic mass is 16.4. The molecular weight excluding hydrogens is 270 g/mol. The molecule has 5 heteroatoms. The normalized spacial score (nSPS) is 30.3. The smallest absolute Gasteiger partial charge is 0.308 e. The maximum Gasteiger partial charge on any atom is 0.308 e. The first kappa shape index (κ1) is 13.9. The van der Waals surface area contributed by atoms with Gasteiger partial charge >= 0.3 is 5.97 Å². The number of hydrogen-bond donors (Lipinski definition) is 3. The molecule has 4 unspecified atom stereocenters. The standard InChI is InChI=1S/C16H19NO4/c1-8-2-5-11(12(18)6-8)15(19)17-14-10-4-3-9(7-10)13(14)16(20)21/h2,5-6,9-10,13-14,18H,3-4,7H2,1H3,(H,17,19)(H,20,21). The minimum absolute atomic E-state index is 0.0671. The van der Waals surface area contributed by atoms with E-state index in [2.05, 4.69) is 5.32 Å². The van der Waals surface area contributed by atoms with Crippen molar-refractivity contribution in [3.05, 3.63) is 29.3 Å². The van der Waals surface area contributed by atoms with Crippen molar-refractivity contribution in [2.45, 2.75) is 32.2 Å². The number of benzene rings is 1. The van der Waals surface area contributed by atoms with Gasteiger partial charge in [-0.1, -0.05) is 6.07 Å². The number of aliphatic carboxylic acids is 1. The molecule has 0 saturated heterocycles. The quantitative estimate of drug-likeness (QED) is 0.793. The predicted molar refractivity (Wildman–Crippen MR) is 76.1 cm³/mol. The lowest BCUT2D eigenvalue weighted by Gasteiger charge is -2.29. The van der Waals surface area contributed by atoms with Gasteiger partial charge in [0.25, 0.3) is 5.91 Å². The second kappa shape index (κ2) is 5.06. The molecule has 0 heterocycles. The number of phenolic OH excluding ortho intramolecular Hbond substituents is 1. The number of carboxylic acids is 1. The molecule has 2 saturated carbocycles. The number of carbonyl (C=O) groups is 2. The van der Waals surface area contributed by atoms with Crippen LogP contribution in [0.15, 0.2) is 18.2 Å². The Balaban J connectivity index is 1.79. The summed E-state index contributed by atoms with van der Waals surface area (Å²) in [6, 6.07) is 4.53. The topological polar surface area (TPSA) is 86.6 Å². The fraction of sp³-hybridized carbons (Fsp3) is 0.500. The van der Waals surface area contributed by atoms with E-state index < -0.39 is 17.8 Å². The van der Waals surface area contributed by atoms with Gasteiger partial charge in [-0.3, -0.25) is 9.59 Å². The molecule has 21 heavy (non-hydrogen) atoms. The van der Waals surface area contributed by atoms with Crippen molar-refractivity contribution in [1.29, 1.82) is 0 Å². The summed E-state index contributed by atoms with van der Waals surface area (Å²) in [5.74, 6) is -1.38. The van der Waals surface area contributed by atoms with Crippen LogP contribution in [0.2, 0.25) is 0 Å². The van der Waals surface area contributed by atoms with E-state index in [0.717, 1.165) is 24.8 Å². The van der Waals surface area contributed by atoms with Crippen molar-refractivity contribution >= 4 is 11.9 Å². The van der Waals surface area contributed by atoms with Crippen LogP contribution in [-0.2, 0) is 4.79 Å². The molecular formula is C16H19NO4. The van der Waals surface area contributed by atoms with Gasteiger partial charge in [-0.15, -0.1) is 0 Å². The molecule has 1 amide bonds. The Morgan fingerprint density at radius 2 is 1.95 bits per heavy atom. The van der Waals surface area contributed by atoms with Crippen molar-refractivity contribution in [2.24, 2.45) is 17.8 Å². The Hall–Kier alpha value is -2.04. The van der Waals surface area contributed by atoms with E-state index in [1.807, 2.05) is 6.92 Å². The third-order valence-electron chi connectivity index (χ3n) is 4.90. The third kappa shape index (κ3) is 2.37. The Morgan fingerprint density at radius 3 is 2.62 bits per heavy atom. The van der Waals surface area contributed by atoms with Gasteiger partial charge in [0.2, 0.25) is 0 Å². The lowest BCUT2D eigenvalue weighted by atomic mass is 9.84. The summed E-state index contributed by atoms with van der Waals surface area (Å²) in [4.78, 5) is 23.7. The van der Waals surface area contributed by atoms with Gasteiger partial charge in [0.1, 0.15) is 5.75 Å². The predicted octanol–water partition coefficient (Wildman–Crippen LogP) is 1.93. The zero-order valence-electron chi connectivity index (χ0n) is 11.9. The lowest BCUT2D eigenvalue weighted by Crippen LogP contribution is -2.46. The maximum atomic E-state index is 12.3. The largest absolute Gasteiger partial charge is 0.507 e. The van der Waals surface area contributed by atoms with E-state index in [4.69, 9.17) is 0 Å². The molecule has 0 aromatic heterocycles. The first-order chi connectivity index (χ1) is 9.97. The third-order valence-corrected chi connectivity index (χ3v) is 4.90. The summed E-state index contributed by atoms with van der Waals surface area (Å²) >= 11 is 0. The molecule has 0 spiro atoms. The molecule has 0 aliphatic heterocycles. The molecule has 5 nitrogen and oxygen atoms in total. The maximum absolute atomic E-state index is 12.3. The van der Waals surface area contributed by atoms with Crippen LogP contribution in [0.4, 0.5) is 0 Å². The van der Waals surface area contributed by atoms with Crippen molar-refractivity contribution < 1.29 is 19.8 Å². The molecule has 2 fully saturated rings. The highest BCUT2D eigenvalue weighted by Gasteiger charge is 2.51. The first-order valence-corrected chi connectivity index (χ1v) is 7.30. The van der Waals surface area contributed by atoms with Gasteiger partial charge in [-0.05, 0) is 55.7 Å². The zero-order valence-corrected chi connectivity index (χ0v) is 11.9. The average Bonchev–Trinajstić information content (AvgIpc) is 2.98. The van der Waals surface area contributed by atoms with Crippen LogP contribution in [-0.4, -0.2) is 28.1 Å². The second-order valence-corrected chi connectivity index (χ2v) is 6.22. The number of carboxylic acid groups (broad SMARTS) is 1. The minimum atomic E-state index is -0.833. The summed E-state index contributed by atoms with van der Waals surface area (Å²) in [6.07, 6.45) is 2.78. The zero-order chi connectivity index (χ0) is 15.1. The molecule has 2 aliphatic rings. The Morgan fingerprint density at radius 1 is 1.24 bits per heavy atom. The van der Waals surface area contributed by atoms with E-state index in [1.54, 1.807) is 12.1 Å². The SMILES string of the molecule is Cc1ccc(C(=O)NC2C3CCC(C3)C2C(=O)O)c(O)c1. The lowest BCUT2D eigenvalue weighted by molar-refractivity contribution is -0.144. The van der Waals surface area contributed by atoms with E-state index >= 15 is 0 Å². The summed E-state index contributed by atoms with van der Waals surface area (Å²) in [5.41, 5.74) is 1.07. The van der Waals surface area contributed by atoms with E-state index in [0.29, 0.717) is 0 Å². The molecule has 2 aliphatic carbocycles. The number of phenols is 1. The molecule has 1 aromatic carbocycles. The molecule has 3 N–H and O–H groups in total. The van der Waals surface area contributed by atoms with E-state index in [1.165, 1.54) is 6.07 Å². The number of rotatable bonds is 3. The van der Waals surface area contributed by atoms with Gasteiger partial charge in [-0.2, -0.15) is 0 Å². The Bertz CT molecular complexity index is 598. The van der Waals surface area contributed by atoms with Crippen molar-refractivity contribution in [1.82, 2.24) is 5.32 Å². The highest BCUT2D eigenvalue weighted by Crippen LogP contribution is 2.48. The second-order valence-electron chi connectivity index (χ2n) is 6.22. The Kier molecular flexibility index (Phi) is 3.35. The first-order valence-electron chi connectivity index (χ1n) is 7.30. The van der Waals surface area contributed by atoms with Crippen LogP contribution in [0.3, 0.4) is 0 Å². The van der Waals surface area contributed by atoms with Crippen LogP contribution < -0.4 is 5.32 Å². The summed E-state index contributed by atoms with van der Waals surface area (Å²) in [7, 11) is 0. The molecule has 2 bridgehead atoms. The van der Waals surface area contributed by atoms with Gasteiger partial charge in [0, 0.05) is 6.04 Å². The number of hydrogen-bond acceptors (Lipinski definition) is 3. The molecule has 4 atom stereocenters. The van der Waals surface area contributed by atoms with Gasteiger partial charge in [-0.25, -0.2) is 0 Å². The van der Waals surface area contributed by atoms with Crippen LogP contribution in [0.1, 0.15) is 35.2 Å². The van der Waals surface area contributed by atoms with Crippen molar-refractivity contribution in [2.75, 3.05) is 0 Å². The van der Waals surface area contributed by atoms with Crippen LogP contribution in [0, 0.1) is 24.7 Å². The van der Waals surface area contributed by atoms with Gasteiger partial charge in [0.05, 0.1) is 11.5 Å².